The number of unbranched alkanes of at least 4 members (excludes halogenated alkanes) is 1. The summed E-state index contributed by atoms with van der Waals surface area (Å²) in [4.78, 5) is 10.4. The van der Waals surface area contributed by atoms with E-state index in [4.69, 9.17) is 14.6 Å². The standard InChI is InChI=1S/C20H22O4/c1-23-18-13-16-11-10-15(12-17(16)14-19(18)24-2)8-6-4-3-5-7-9-20(21)22/h3-4,6,8,10-14H,5,7,9H2,1-2H3,(H,21,22)/b4-3+,8-6+. The number of hydrogen-bond donors (Lipinski definition) is 1. The molecule has 0 amide bonds. The zero-order valence-corrected chi connectivity index (χ0v) is 14.0. The minimum absolute atomic E-state index is 0.212. The van der Waals surface area contributed by atoms with E-state index in [1.54, 1.807) is 14.2 Å². The predicted molar refractivity (Wildman–Crippen MR) is 96.7 cm³/mol. The second-order valence-electron chi connectivity index (χ2n) is 5.39. The number of carboxylic acid groups (broad SMARTS) is 1. The molecule has 126 valence electrons. The maximum absolute atomic E-state index is 10.4. The van der Waals surface area contributed by atoms with Crippen molar-refractivity contribution < 1.29 is 19.4 Å². The summed E-state index contributed by atoms with van der Waals surface area (Å²) in [6.07, 6.45) is 9.55. The molecule has 0 spiro atoms. The second-order valence-corrected chi connectivity index (χ2v) is 5.39. The molecular formula is C20H22O4. The molecule has 0 heterocycles. The van der Waals surface area contributed by atoms with Crippen LogP contribution in [0.3, 0.4) is 0 Å². The van der Waals surface area contributed by atoms with Crippen LogP contribution in [-0.4, -0.2) is 25.3 Å². The molecule has 0 atom stereocenters. The fourth-order valence-corrected chi connectivity index (χ4v) is 2.41. The third-order valence-corrected chi connectivity index (χ3v) is 3.66. The number of methoxy groups -OCH3 is 2. The Kier molecular flexibility index (Phi) is 6.43. The molecule has 4 nitrogen and oxygen atoms in total. The molecule has 2 aromatic rings. The van der Waals surface area contributed by atoms with E-state index in [9.17, 15) is 4.79 Å². The van der Waals surface area contributed by atoms with Crippen LogP contribution in [0.5, 0.6) is 11.5 Å². The van der Waals surface area contributed by atoms with E-state index < -0.39 is 5.97 Å². The highest BCUT2D eigenvalue weighted by atomic mass is 16.5. The van der Waals surface area contributed by atoms with Gasteiger partial charge in [0, 0.05) is 6.42 Å². The van der Waals surface area contributed by atoms with Gasteiger partial charge in [0.25, 0.3) is 0 Å². The maximum Gasteiger partial charge on any atom is 0.303 e. The van der Waals surface area contributed by atoms with Crippen molar-refractivity contribution in [3.8, 4) is 11.5 Å². The Balaban J connectivity index is 2.06. The first-order chi connectivity index (χ1) is 11.6. The molecule has 0 saturated heterocycles. The summed E-state index contributed by atoms with van der Waals surface area (Å²) in [5.74, 6) is 0.684. The lowest BCUT2D eigenvalue weighted by molar-refractivity contribution is -0.137. The largest absolute Gasteiger partial charge is 0.493 e. The van der Waals surface area contributed by atoms with Crippen molar-refractivity contribution in [2.45, 2.75) is 19.3 Å². The predicted octanol–water partition coefficient (Wildman–Crippen LogP) is 4.68. The molecule has 0 radical (unpaired) electrons. The van der Waals surface area contributed by atoms with Gasteiger partial charge in [-0.3, -0.25) is 4.79 Å². The van der Waals surface area contributed by atoms with Gasteiger partial charge in [-0.1, -0.05) is 36.4 Å². The van der Waals surface area contributed by atoms with Crippen LogP contribution in [0.2, 0.25) is 0 Å². The second kappa shape index (κ2) is 8.77. The van der Waals surface area contributed by atoms with Gasteiger partial charge in [0.1, 0.15) is 0 Å². The van der Waals surface area contributed by atoms with Crippen LogP contribution in [0, 0.1) is 0 Å². The smallest absolute Gasteiger partial charge is 0.303 e. The van der Waals surface area contributed by atoms with Crippen molar-refractivity contribution in [1.29, 1.82) is 0 Å². The van der Waals surface area contributed by atoms with Gasteiger partial charge in [-0.2, -0.15) is 0 Å². The van der Waals surface area contributed by atoms with E-state index >= 15 is 0 Å². The van der Waals surface area contributed by atoms with Crippen LogP contribution in [0.25, 0.3) is 16.8 Å². The normalized spacial score (nSPS) is 11.4. The fourth-order valence-electron chi connectivity index (χ4n) is 2.41. The summed E-state index contributed by atoms with van der Waals surface area (Å²) < 4.78 is 10.7. The van der Waals surface area contributed by atoms with Crippen molar-refractivity contribution in [3.05, 3.63) is 54.1 Å². The number of carbonyl (C=O) groups is 1. The molecule has 0 aliphatic rings. The summed E-state index contributed by atoms with van der Waals surface area (Å²) in [6, 6.07) is 10.1. The topological polar surface area (TPSA) is 55.8 Å². The van der Waals surface area contributed by atoms with E-state index in [0.29, 0.717) is 12.2 Å². The van der Waals surface area contributed by atoms with Gasteiger partial charge >= 0.3 is 5.97 Å². The van der Waals surface area contributed by atoms with Crippen molar-refractivity contribution in [3.63, 3.8) is 0 Å². The molecule has 0 unspecified atom stereocenters. The van der Waals surface area contributed by atoms with Gasteiger partial charge in [0.2, 0.25) is 0 Å². The fraction of sp³-hybridized carbons (Fsp3) is 0.250. The van der Waals surface area contributed by atoms with Gasteiger partial charge < -0.3 is 14.6 Å². The molecule has 24 heavy (non-hydrogen) atoms. The Morgan fingerprint density at radius 1 is 1.04 bits per heavy atom. The van der Waals surface area contributed by atoms with E-state index in [1.807, 2.05) is 48.6 Å². The first-order valence-electron chi connectivity index (χ1n) is 7.85. The van der Waals surface area contributed by atoms with Gasteiger partial charge in [0.15, 0.2) is 11.5 Å². The third-order valence-electron chi connectivity index (χ3n) is 3.66. The highest BCUT2D eigenvalue weighted by Crippen LogP contribution is 2.32. The Hall–Kier alpha value is -2.75. The summed E-state index contributed by atoms with van der Waals surface area (Å²) in [6.45, 7) is 0. The van der Waals surface area contributed by atoms with Crippen molar-refractivity contribution >= 4 is 22.8 Å². The maximum atomic E-state index is 10.4. The Labute approximate surface area is 142 Å². The minimum atomic E-state index is -0.748. The first-order valence-corrected chi connectivity index (χ1v) is 7.85. The van der Waals surface area contributed by atoms with E-state index in [1.165, 1.54) is 0 Å². The number of ether oxygens (including phenoxy) is 2. The summed E-state index contributed by atoms with van der Waals surface area (Å²) >= 11 is 0. The molecular weight excluding hydrogens is 304 g/mol. The number of fused-ring (bicyclic) bond motifs is 1. The van der Waals surface area contributed by atoms with Crippen LogP contribution in [0.15, 0.2) is 48.6 Å². The highest BCUT2D eigenvalue weighted by molar-refractivity contribution is 5.88. The number of allylic oxidation sites excluding steroid dienone is 3. The number of aliphatic carboxylic acids is 1. The number of carboxylic acids is 1. The molecule has 0 aromatic heterocycles. The molecule has 2 aromatic carbocycles. The van der Waals surface area contributed by atoms with E-state index in [2.05, 4.69) is 6.07 Å². The van der Waals surface area contributed by atoms with E-state index in [-0.39, 0.29) is 6.42 Å². The Morgan fingerprint density at radius 3 is 2.42 bits per heavy atom. The molecule has 4 heteroatoms. The summed E-state index contributed by atoms with van der Waals surface area (Å²) in [5, 5.41) is 10.7. The lowest BCUT2D eigenvalue weighted by atomic mass is 10.1. The molecule has 0 aliphatic heterocycles. The lowest BCUT2D eigenvalue weighted by Crippen LogP contribution is -1.92. The third kappa shape index (κ3) is 4.88. The van der Waals surface area contributed by atoms with Gasteiger partial charge in [-0.05, 0) is 47.4 Å². The molecule has 1 N–H and O–H groups in total. The molecule has 0 fully saturated rings. The summed E-state index contributed by atoms with van der Waals surface area (Å²) in [5.41, 5.74) is 1.09. The Morgan fingerprint density at radius 2 is 1.75 bits per heavy atom. The SMILES string of the molecule is COc1cc2ccc(/C=C/C=C/CCCC(=O)O)cc2cc1OC. The van der Waals surface area contributed by atoms with Gasteiger partial charge in [-0.15, -0.1) is 0 Å². The lowest BCUT2D eigenvalue weighted by Gasteiger charge is -2.09. The molecule has 0 aliphatic carbocycles. The first kappa shape index (κ1) is 17.6. The van der Waals surface area contributed by atoms with Gasteiger partial charge in [0.05, 0.1) is 14.2 Å². The Bertz CT molecular complexity index is 760. The van der Waals surface area contributed by atoms with Crippen molar-refractivity contribution in [2.24, 2.45) is 0 Å². The average molecular weight is 326 g/mol. The molecule has 0 bridgehead atoms. The van der Waals surface area contributed by atoms with E-state index in [0.717, 1.165) is 28.5 Å². The van der Waals surface area contributed by atoms with Crippen LogP contribution in [0.4, 0.5) is 0 Å². The van der Waals surface area contributed by atoms with Gasteiger partial charge in [-0.25, -0.2) is 0 Å². The van der Waals surface area contributed by atoms with Crippen molar-refractivity contribution in [2.75, 3.05) is 14.2 Å². The number of benzene rings is 2. The van der Waals surface area contributed by atoms with Crippen molar-refractivity contribution in [1.82, 2.24) is 0 Å². The van der Waals surface area contributed by atoms with Crippen LogP contribution in [0.1, 0.15) is 24.8 Å². The zero-order chi connectivity index (χ0) is 17.4. The van der Waals surface area contributed by atoms with Crippen LogP contribution in [-0.2, 0) is 4.79 Å². The molecule has 0 saturated carbocycles. The highest BCUT2D eigenvalue weighted by Gasteiger charge is 2.05. The summed E-state index contributed by atoms with van der Waals surface area (Å²) in [7, 11) is 3.26. The zero-order valence-electron chi connectivity index (χ0n) is 14.0. The monoisotopic (exact) mass is 326 g/mol. The van der Waals surface area contributed by atoms with Crippen LogP contribution >= 0.6 is 0 Å². The molecule has 2 rings (SSSR count). The quantitative estimate of drug-likeness (QED) is 0.565. The van der Waals surface area contributed by atoms with Crippen LogP contribution < -0.4 is 9.47 Å². The minimum Gasteiger partial charge on any atom is -0.493 e. The number of hydrogen-bond acceptors (Lipinski definition) is 3. The average Bonchev–Trinajstić information content (AvgIpc) is 2.59. The number of rotatable bonds is 8.